The van der Waals surface area contributed by atoms with Crippen LogP contribution in [0, 0.1) is 0 Å². The Hall–Kier alpha value is -3.40. The summed E-state index contributed by atoms with van der Waals surface area (Å²) in [6.45, 7) is 6.62. The maximum Gasteiger partial charge on any atom is 0.433 e. The number of carbonyl (C=O) groups excluding carboxylic acids is 1. The molecule has 0 spiro atoms. The molecule has 1 aromatic carbocycles. The molecule has 3 aromatic rings. The first-order valence-corrected chi connectivity index (χ1v) is 11.3. The second kappa shape index (κ2) is 10.3. The van der Waals surface area contributed by atoms with E-state index < -0.39 is 11.9 Å². The molecule has 1 saturated heterocycles. The highest BCUT2D eigenvalue weighted by Crippen LogP contribution is 2.34. The molecular weight excluding hydrogens is 445 g/mol. The van der Waals surface area contributed by atoms with Crippen molar-refractivity contribution in [3.8, 4) is 11.1 Å². The highest BCUT2D eigenvalue weighted by molar-refractivity contribution is 5.99. The van der Waals surface area contributed by atoms with E-state index in [1.807, 2.05) is 37.3 Å². The highest BCUT2D eigenvalue weighted by atomic mass is 19.4. The first-order chi connectivity index (χ1) is 16.4. The number of alkyl halides is 3. The van der Waals surface area contributed by atoms with Crippen LogP contribution >= 0.6 is 0 Å². The maximum atomic E-state index is 13.4. The van der Waals surface area contributed by atoms with Gasteiger partial charge in [0.15, 0.2) is 0 Å². The van der Waals surface area contributed by atoms with Crippen LogP contribution in [0.1, 0.15) is 12.6 Å². The number of anilines is 1. The SMILES string of the molecule is CCNC(=O)N1CCN(CCNc2ncc(-c3ccccc3)c3nc(C(F)(F)F)ccc23)CC1. The van der Waals surface area contributed by atoms with Gasteiger partial charge in [0.05, 0.1) is 5.52 Å². The molecular formula is C24H27F3N6O. The van der Waals surface area contributed by atoms with Crippen molar-refractivity contribution in [1.82, 2.24) is 25.1 Å². The molecule has 34 heavy (non-hydrogen) atoms. The molecule has 0 saturated carbocycles. The number of amides is 2. The van der Waals surface area contributed by atoms with Gasteiger partial charge in [0.1, 0.15) is 11.5 Å². The number of pyridine rings is 2. The molecule has 0 bridgehead atoms. The molecule has 2 aromatic heterocycles. The van der Waals surface area contributed by atoms with Crippen molar-refractivity contribution in [2.45, 2.75) is 13.1 Å². The van der Waals surface area contributed by atoms with Crippen molar-refractivity contribution < 1.29 is 18.0 Å². The standard InChI is InChI=1S/C24H27F3N6O/c1-2-28-23(34)33-14-12-32(13-15-33)11-10-29-22-18-8-9-20(24(25,26)27)31-21(18)19(16-30-22)17-6-4-3-5-7-17/h3-9,16H,2,10-15H2,1H3,(H,28,34)(H,29,30). The second-order valence-corrected chi connectivity index (χ2v) is 8.07. The van der Waals surface area contributed by atoms with Crippen molar-refractivity contribution in [3.05, 3.63) is 54.4 Å². The van der Waals surface area contributed by atoms with Crippen LogP contribution in [0.15, 0.2) is 48.7 Å². The van der Waals surface area contributed by atoms with Crippen molar-refractivity contribution in [2.24, 2.45) is 0 Å². The van der Waals surface area contributed by atoms with Crippen LogP contribution in [0.4, 0.5) is 23.8 Å². The van der Waals surface area contributed by atoms with E-state index in [4.69, 9.17) is 0 Å². The number of aromatic nitrogens is 2. The number of benzene rings is 1. The first-order valence-electron chi connectivity index (χ1n) is 11.3. The predicted octanol–water partition coefficient (Wildman–Crippen LogP) is 4.07. The minimum absolute atomic E-state index is 0.0415. The first kappa shape index (κ1) is 23.7. The van der Waals surface area contributed by atoms with Crippen molar-refractivity contribution in [2.75, 3.05) is 51.1 Å². The van der Waals surface area contributed by atoms with Crippen LogP contribution in [-0.4, -0.2) is 71.6 Å². The number of urea groups is 1. The third-order valence-electron chi connectivity index (χ3n) is 5.81. The van der Waals surface area contributed by atoms with Gasteiger partial charge in [-0.25, -0.2) is 14.8 Å². The van der Waals surface area contributed by atoms with Crippen molar-refractivity contribution in [3.63, 3.8) is 0 Å². The summed E-state index contributed by atoms with van der Waals surface area (Å²) in [5, 5.41) is 6.61. The van der Waals surface area contributed by atoms with Gasteiger partial charge in [-0.3, -0.25) is 4.90 Å². The van der Waals surface area contributed by atoms with Crippen LogP contribution in [0.3, 0.4) is 0 Å². The van der Waals surface area contributed by atoms with Crippen LogP contribution in [0.25, 0.3) is 22.0 Å². The fourth-order valence-electron chi connectivity index (χ4n) is 4.01. The number of piperazine rings is 1. The third kappa shape index (κ3) is 5.39. The van der Waals surface area contributed by atoms with E-state index in [0.717, 1.165) is 31.3 Å². The average Bonchev–Trinajstić information content (AvgIpc) is 2.84. The minimum atomic E-state index is -4.53. The van der Waals surface area contributed by atoms with Gasteiger partial charge in [-0.2, -0.15) is 13.2 Å². The Kier molecular flexibility index (Phi) is 7.16. The number of hydrogen-bond donors (Lipinski definition) is 2. The second-order valence-electron chi connectivity index (χ2n) is 8.07. The van der Waals surface area contributed by atoms with Gasteiger partial charge in [0.2, 0.25) is 0 Å². The zero-order valence-corrected chi connectivity index (χ0v) is 18.9. The lowest BCUT2D eigenvalue weighted by Gasteiger charge is -2.34. The Morgan fingerprint density at radius 3 is 2.47 bits per heavy atom. The Bertz CT molecular complexity index is 1130. The molecule has 0 radical (unpaired) electrons. The fraction of sp³-hybridized carbons (Fsp3) is 0.375. The number of nitrogens with zero attached hydrogens (tertiary/aromatic N) is 4. The van der Waals surface area contributed by atoms with Crippen LogP contribution in [-0.2, 0) is 6.18 Å². The molecule has 4 rings (SSSR count). The Morgan fingerprint density at radius 2 is 1.79 bits per heavy atom. The predicted molar refractivity (Wildman–Crippen MR) is 126 cm³/mol. The summed E-state index contributed by atoms with van der Waals surface area (Å²) in [6.07, 6.45) is -2.96. The molecule has 1 fully saturated rings. The molecule has 7 nitrogen and oxygen atoms in total. The number of rotatable bonds is 6. The monoisotopic (exact) mass is 472 g/mol. The molecule has 180 valence electrons. The number of nitrogens with one attached hydrogen (secondary N) is 2. The summed E-state index contributed by atoms with van der Waals surface area (Å²) in [7, 11) is 0. The fourth-order valence-corrected chi connectivity index (χ4v) is 4.01. The third-order valence-corrected chi connectivity index (χ3v) is 5.81. The van der Waals surface area contributed by atoms with Crippen LogP contribution < -0.4 is 10.6 Å². The zero-order chi connectivity index (χ0) is 24.1. The van der Waals surface area contributed by atoms with Crippen LogP contribution in [0.5, 0.6) is 0 Å². The van der Waals surface area contributed by atoms with Gasteiger partial charge in [-0.15, -0.1) is 0 Å². The summed E-state index contributed by atoms with van der Waals surface area (Å²) >= 11 is 0. The van der Waals surface area contributed by atoms with Crippen molar-refractivity contribution >= 4 is 22.8 Å². The van der Waals surface area contributed by atoms with E-state index in [1.54, 1.807) is 11.1 Å². The largest absolute Gasteiger partial charge is 0.433 e. The zero-order valence-electron chi connectivity index (χ0n) is 18.9. The Morgan fingerprint density at radius 1 is 1.06 bits per heavy atom. The van der Waals surface area contributed by atoms with E-state index in [2.05, 4.69) is 25.5 Å². The van der Waals surface area contributed by atoms with Gasteiger partial charge >= 0.3 is 12.2 Å². The summed E-state index contributed by atoms with van der Waals surface area (Å²) in [4.78, 5) is 24.4. The Balaban J connectivity index is 1.49. The molecule has 1 aliphatic rings. The van der Waals surface area contributed by atoms with Gasteiger partial charge in [-0.1, -0.05) is 30.3 Å². The van der Waals surface area contributed by atoms with Crippen LogP contribution in [0.2, 0.25) is 0 Å². The molecule has 2 N–H and O–H groups in total. The molecule has 1 aliphatic heterocycles. The molecule has 0 unspecified atom stereocenters. The molecule has 3 heterocycles. The van der Waals surface area contributed by atoms with Gasteiger partial charge < -0.3 is 15.5 Å². The number of hydrogen-bond acceptors (Lipinski definition) is 5. The van der Waals surface area contributed by atoms with Gasteiger partial charge in [0, 0.05) is 63.0 Å². The topological polar surface area (TPSA) is 73.4 Å². The number of fused-ring (bicyclic) bond motifs is 1. The maximum absolute atomic E-state index is 13.4. The normalized spacial score (nSPS) is 14.9. The highest BCUT2D eigenvalue weighted by Gasteiger charge is 2.33. The minimum Gasteiger partial charge on any atom is -0.368 e. The summed E-state index contributed by atoms with van der Waals surface area (Å²) in [5.41, 5.74) is 0.630. The lowest BCUT2D eigenvalue weighted by atomic mass is 10.0. The van der Waals surface area contributed by atoms with E-state index in [9.17, 15) is 18.0 Å². The smallest absolute Gasteiger partial charge is 0.368 e. The van der Waals surface area contributed by atoms with Crippen molar-refractivity contribution in [1.29, 1.82) is 0 Å². The number of halogens is 3. The quantitative estimate of drug-likeness (QED) is 0.566. The summed E-state index contributed by atoms with van der Waals surface area (Å²) in [6, 6.07) is 11.5. The lowest BCUT2D eigenvalue weighted by molar-refractivity contribution is -0.140. The lowest BCUT2D eigenvalue weighted by Crippen LogP contribution is -2.52. The van der Waals surface area contributed by atoms with Gasteiger partial charge in [0.25, 0.3) is 0 Å². The molecule has 10 heteroatoms. The number of carbonyl (C=O) groups is 1. The molecule has 0 aliphatic carbocycles. The molecule has 0 atom stereocenters. The van der Waals surface area contributed by atoms with E-state index >= 15 is 0 Å². The average molecular weight is 473 g/mol. The summed E-state index contributed by atoms with van der Waals surface area (Å²) in [5.74, 6) is 0.497. The van der Waals surface area contributed by atoms with E-state index in [1.165, 1.54) is 6.07 Å². The molecule has 2 amide bonds. The van der Waals surface area contributed by atoms with Gasteiger partial charge in [-0.05, 0) is 24.6 Å². The van der Waals surface area contributed by atoms with E-state index in [-0.39, 0.29) is 11.5 Å². The van der Waals surface area contributed by atoms with E-state index in [0.29, 0.717) is 42.9 Å². The Labute approximate surface area is 196 Å². The summed E-state index contributed by atoms with van der Waals surface area (Å²) < 4.78 is 40.1.